The number of aliphatic hydroxyl groups is 1. The summed E-state index contributed by atoms with van der Waals surface area (Å²) in [6.45, 7) is 2.75. The summed E-state index contributed by atoms with van der Waals surface area (Å²) in [5.41, 5.74) is 1.98. The molecular weight excluding hydrogens is 446 g/mol. The summed E-state index contributed by atoms with van der Waals surface area (Å²) in [6.07, 6.45) is 3.81. The van der Waals surface area contributed by atoms with E-state index >= 15 is 0 Å². The molecule has 32 heavy (non-hydrogen) atoms. The highest BCUT2D eigenvalue weighted by Gasteiger charge is 2.33. The highest BCUT2D eigenvalue weighted by molar-refractivity contribution is 7.98. The number of fused-ring (bicyclic) bond motifs is 1. The van der Waals surface area contributed by atoms with Crippen molar-refractivity contribution < 1.29 is 23.9 Å². The molecule has 3 atom stereocenters. The molecule has 0 fully saturated rings. The minimum Gasteiger partial charge on any atom is -0.611 e. The molecule has 3 unspecified atom stereocenters. The van der Waals surface area contributed by atoms with Crippen LogP contribution < -0.4 is 9.64 Å². The molecule has 1 N–H and O–H groups in total. The van der Waals surface area contributed by atoms with Gasteiger partial charge < -0.3 is 24.0 Å². The fourth-order valence-electron chi connectivity index (χ4n) is 3.80. The maximum Gasteiger partial charge on any atom is 0.338 e. The van der Waals surface area contributed by atoms with E-state index in [2.05, 4.69) is 28.7 Å². The molecular formula is C24H31NO5S2. The number of rotatable bonds is 9. The highest BCUT2D eigenvalue weighted by atomic mass is 32.2. The van der Waals surface area contributed by atoms with Gasteiger partial charge in [-0.25, -0.2) is 4.79 Å². The summed E-state index contributed by atoms with van der Waals surface area (Å²) in [5.74, 6) is 0.668. The first kappa shape index (κ1) is 24.8. The van der Waals surface area contributed by atoms with Crippen molar-refractivity contribution in [1.82, 2.24) is 0 Å². The average molecular weight is 478 g/mol. The zero-order valence-electron chi connectivity index (χ0n) is 18.8. The second kappa shape index (κ2) is 11.8. The van der Waals surface area contributed by atoms with Crippen molar-refractivity contribution in [2.24, 2.45) is 5.92 Å². The van der Waals surface area contributed by atoms with Crippen molar-refractivity contribution in [2.75, 3.05) is 37.2 Å². The molecule has 0 bridgehead atoms. The molecule has 0 spiro atoms. The Hall–Kier alpha value is -1.87. The molecule has 6 nitrogen and oxygen atoms in total. The molecule has 1 heterocycles. The van der Waals surface area contributed by atoms with Gasteiger partial charge in [-0.1, -0.05) is 38.0 Å². The minimum absolute atomic E-state index is 0.229. The van der Waals surface area contributed by atoms with Crippen molar-refractivity contribution in [1.29, 1.82) is 0 Å². The van der Waals surface area contributed by atoms with Gasteiger partial charge in [0.1, 0.15) is 18.1 Å². The topological polar surface area (TPSA) is 82.1 Å². The first-order valence-corrected chi connectivity index (χ1v) is 13.3. The maximum absolute atomic E-state index is 13.4. The van der Waals surface area contributed by atoms with Crippen LogP contribution in [0.5, 0.6) is 5.75 Å². The largest absolute Gasteiger partial charge is 0.611 e. The molecule has 1 aliphatic rings. The maximum atomic E-state index is 13.4. The van der Waals surface area contributed by atoms with Crippen LogP contribution in [0.4, 0.5) is 11.4 Å². The van der Waals surface area contributed by atoms with Gasteiger partial charge in [-0.2, -0.15) is 0 Å². The Morgan fingerprint density at radius 3 is 2.75 bits per heavy atom. The van der Waals surface area contributed by atoms with Crippen LogP contribution in [0, 0.1) is 5.92 Å². The minimum atomic E-state index is -1.38. The Kier molecular flexibility index (Phi) is 9.16. The van der Waals surface area contributed by atoms with E-state index in [4.69, 9.17) is 4.74 Å². The molecule has 0 amide bonds. The van der Waals surface area contributed by atoms with Gasteiger partial charge in [-0.05, 0) is 42.1 Å². The molecule has 2 aromatic carbocycles. The Morgan fingerprint density at radius 2 is 2.09 bits per heavy atom. The zero-order valence-corrected chi connectivity index (χ0v) is 20.4. The van der Waals surface area contributed by atoms with Crippen LogP contribution in [0.15, 0.2) is 52.3 Å². The molecule has 174 valence electrons. The summed E-state index contributed by atoms with van der Waals surface area (Å²) in [6, 6.07) is 14.0. The molecule has 3 rings (SSSR count). The number of unbranched alkanes of at least 4 members (excludes halogenated alkanes) is 1. The lowest BCUT2D eigenvalue weighted by Crippen LogP contribution is -2.28. The molecule has 0 aromatic heterocycles. The third-order valence-corrected chi connectivity index (χ3v) is 7.86. The quantitative estimate of drug-likeness (QED) is 0.326. The number of methoxy groups -OCH3 is 1. The van der Waals surface area contributed by atoms with Crippen molar-refractivity contribution in [3.8, 4) is 5.75 Å². The number of carbonyl (C=O) groups excluding carboxylic acids is 1. The third-order valence-electron chi connectivity index (χ3n) is 5.51. The van der Waals surface area contributed by atoms with Crippen LogP contribution in [-0.4, -0.2) is 54.0 Å². The van der Waals surface area contributed by atoms with Gasteiger partial charge >= 0.3 is 5.97 Å². The van der Waals surface area contributed by atoms with E-state index in [9.17, 15) is 14.5 Å². The number of hydrogen-bond donors (Lipinski definition) is 1. The summed E-state index contributed by atoms with van der Waals surface area (Å²) in [5, 5.41) is 9.91. The SMILES string of the molecule is CCCCC1CN(c2ccccc2)c2cc(SC)c(OCC(O)C(=O)OC)cc2[S+]([O-])C1. The Labute approximate surface area is 197 Å². The number of anilines is 2. The number of hydrogen-bond acceptors (Lipinski definition) is 7. The smallest absolute Gasteiger partial charge is 0.338 e. The standard InChI is InChI=1S/C24H31NO5S2/c1-4-5-9-17-14-25(18-10-7-6-8-11-18)19-12-22(31-3)21(13-23(19)32(28)16-17)30-15-20(26)24(27)29-2/h6-8,10-13,17,20,26H,4-5,9,14-16H2,1-3H3. The van der Waals surface area contributed by atoms with Crippen LogP contribution >= 0.6 is 11.8 Å². The average Bonchev–Trinajstić information content (AvgIpc) is 2.96. The number of thioether (sulfide) groups is 1. The van der Waals surface area contributed by atoms with Crippen LogP contribution in [0.1, 0.15) is 26.2 Å². The van der Waals surface area contributed by atoms with Crippen LogP contribution in [0.3, 0.4) is 0 Å². The van der Waals surface area contributed by atoms with Gasteiger partial charge in [0.15, 0.2) is 11.0 Å². The van der Waals surface area contributed by atoms with E-state index in [0.29, 0.717) is 22.3 Å². The molecule has 0 aliphatic carbocycles. The number of esters is 1. The lowest BCUT2D eigenvalue weighted by Gasteiger charge is -2.27. The van der Waals surface area contributed by atoms with Crippen molar-refractivity contribution in [2.45, 2.75) is 42.1 Å². The molecule has 0 saturated carbocycles. The highest BCUT2D eigenvalue weighted by Crippen LogP contribution is 2.43. The summed E-state index contributed by atoms with van der Waals surface area (Å²) >= 11 is 0.315. The number of para-hydroxylation sites is 1. The molecule has 2 aromatic rings. The summed E-state index contributed by atoms with van der Waals surface area (Å²) in [4.78, 5) is 15.4. The zero-order chi connectivity index (χ0) is 23.1. The van der Waals surface area contributed by atoms with E-state index in [1.807, 2.05) is 30.5 Å². The number of aliphatic hydroxyl groups excluding tert-OH is 1. The first-order chi connectivity index (χ1) is 15.5. The Balaban J connectivity index is 1.99. The monoisotopic (exact) mass is 477 g/mol. The molecule has 0 saturated heterocycles. The Bertz CT molecular complexity index is 895. The van der Waals surface area contributed by atoms with Crippen molar-refractivity contribution >= 4 is 40.3 Å². The fourth-order valence-corrected chi connectivity index (χ4v) is 5.87. The van der Waals surface area contributed by atoms with Crippen LogP contribution in [0.2, 0.25) is 0 Å². The number of carbonyl (C=O) groups is 1. The van der Waals surface area contributed by atoms with Crippen molar-refractivity contribution in [3.63, 3.8) is 0 Å². The molecule has 0 radical (unpaired) electrons. The predicted octanol–water partition coefficient (Wildman–Crippen LogP) is 4.39. The van der Waals surface area contributed by atoms with Gasteiger partial charge in [-0.3, -0.25) is 0 Å². The van der Waals surface area contributed by atoms with Gasteiger partial charge in [0, 0.05) is 24.2 Å². The van der Waals surface area contributed by atoms with Crippen LogP contribution in [0.25, 0.3) is 0 Å². The third kappa shape index (κ3) is 5.92. The number of benzene rings is 2. The van der Waals surface area contributed by atoms with E-state index < -0.39 is 23.2 Å². The second-order valence-corrected chi connectivity index (χ2v) is 10.1. The number of nitrogens with zero attached hydrogens (tertiary/aromatic N) is 1. The van der Waals surface area contributed by atoms with Crippen molar-refractivity contribution in [3.05, 3.63) is 42.5 Å². The lowest BCUT2D eigenvalue weighted by molar-refractivity contribution is -0.151. The fraction of sp³-hybridized carbons (Fsp3) is 0.458. The van der Waals surface area contributed by atoms with Gasteiger partial charge in [0.05, 0.1) is 17.7 Å². The molecule has 1 aliphatic heterocycles. The Morgan fingerprint density at radius 1 is 1.34 bits per heavy atom. The summed E-state index contributed by atoms with van der Waals surface area (Å²) in [7, 11) is 1.22. The van der Waals surface area contributed by atoms with E-state index in [1.165, 1.54) is 18.9 Å². The lowest BCUT2D eigenvalue weighted by atomic mass is 10.0. The van der Waals surface area contributed by atoms with Crippen LogP contribution in [-0.2, 0) is 20.7 Å². The van der Waals surface area contributed by atoms with Gasteiger partial charge in [-0.15, -0.1) is 11.8 Å². The first-order valence-electron chi connectivity index (χ1n) is 10.8. The van der Waals surface area contributed by atoms with E-state index in [0.717, 1.165) is 42.1 Å². The predicted molar refractivity (Wildman–Crippen MR) is 129 cm³/mol. The van der Waals surface area contributed by atoms with Gasteiger partial charge in [0.2, 0.25) is 0 Å². The second-order valence-electron chi connectivity index (χ2n) is 7.79. The summed E-state index contributed by atoms with van der Waals surface area (Å²) < 4.78 is 23.7. The normalized spacial score (nSPS) is 19.1. The number of ether oxygens (including phenoxy) is 2. The van der Waals surface area contributed by atoms with E-state index in [-0.39, 0.29) is 6.61 Å². The van der Waals surface area contributed by atoms with E-state index in [1.54, 1.807) is 6.07 Å². The van der Waals surface area contributed by atoms with Gasteiger partial charge in [0.25, 0.3) is 0 Å². The molecule has 8 heteroatoms.